The number of rotatable bonds is 3. The molecule has 0 saturated carbocycles. The number of methoxy groups -OCH3 is 1. The maximum atomic E-state index is 11.5. The molecule has 0 aliphatic carbocycles. The number of likely N-dealkylation sites (tertiary alicyclic amines) is 1. The first kappa shape index (κ1) is 11.5. The fourth-order valence-electron chi connectivity index (χ4n) is 2.26. The fourth-order valence-corrected chi connectivity index (χ4v) is 2.26. The van der Waals surface area contributed by atoms with Gasteiger partial charge < -0.3 is 4.74 Å². The van der Waals surface area contributed by atoms with Gasteiger partial charge in [0.1, 0.15) is 6.04 Å². The Bertz CT molecular complexity index is 194. The normalized spacial score (nSPS) is 25.8. The van der Waals surface area contributed by atoms with Crippen LogP contribution in [0.15, 0.2) is 0 Å². The number of hydrogen-bond donors (Lipinski definition) is 0. The maximum Gasteiger partial charge on any atom is 0.323 e. The first-order valence-electron chi connectivity index (χ1n) is 5.54. The van der Waals surface area contributed by atoms with Crippen molar-refractivity contribution in [2.45, 2.75) is 51.6 Å². The van der Waals surface area contributed by atoms with E-state index in [0.29, 0.717) is 6.04 Å². The topological polar surface area (TPSA) is 29.5 Å². The van der Waals surface area contributed by atoms with Crippen LogP contribution >= 0.6 is 0 Å². The van der Waals surface area contributed by atoms with E-state index in [4.69, 9.17) is 4.74 Å². The minimum Gasteiger partial charge on any atom is -0.468 e. The van der Waals surface area contributed by atoms with E-state index in [2.05, 4.69) is 11.8 Å². The highest BCUT2D eigenvalue weighted by molar-refractivity contribution is 5.75. The van der Waals surface area contributed by atoms with Crippen LogP contribution < -0.4 is 0 Å². The van der Waals surface area contributed by atoms with Crippen molar-refractivity contribution in [3.63, 3.8) is 0 Å². The SMILES string of the molecule is CC[C@@H](C(=O)OC)N1CCCC[C@H]1C. The number of esters is 1. The number of piperidine rings is 1. The van der Waals surface area contributed by atoms with Crippen molar-refractivity contribution in [3.05, 3.63) is 0 Å². The molecule has 1 rings (SSSR count). The van der Waals surface area contributed by atoms with E-state index in [1.54, 1.807) is 0 Å². The summed E-state index contributed by atoms with van der Waals surface area (Å²) < 4.78 is 4.82. The standard InChI is InChI=1S/C11H21NO2/c1-4-10(11(13)14-3)12-8-6-5-7-9(12)2/h9-10H,4-8H2,1-3H3/t9-,10+/m1/s1. The smallest absolute Gasteiger partial charge is 0.323 e. The van der Waals surface area contributed by atoms with Crippen molar-refractivity contribution < 1.29 is 9.53 Å². The van der Waals surface area contributed by atoms with Crippen molar-refractivity contribution in [2.75, 3.05) is 13.7 Å². The Kier molecular flexibility index (Phi) is 4.39. The highest BCUT2D eigenvalue weighted by Crippen LogP contribution is 2.21. The zero-order valence-electron chi connectivity index (χ0n) is 9.45. The van der Waals surface area contributed by atoms with Crippen LogP contribution in [0.25, 0.3) is 0 Å². The number of carbonyl (C=O) groups excluding carboxylic acids is 1. The van der Waals surface area contributed by atoms with Crippen molar-refractivity contribution >= 4 is 5.97 Å². The largest absolute Gasteiger partial charge is 0.468 e. The van der Waals surface area contributed by atoms with Gasteiger partial charge in [0, 0.05) is 6.04 Å². The molecule has 0 unspecified atom stereocenters. The molecule has 2 atom stereocenters. The van der Waals surface area contributed by atoms with Crippen LogP contribution in [0.4, 0.5) is 0 Å². The van der Waals surface area contributed by atoms with Crippen molar-refractivity contribution in [1.29, 1.82) is 0 Å². The number of ether oxygens (including phenoxy) is 1. The van der Waals surface area contributed by atoms with Crippen molar-refractivity contribution in [3.8, 4) is 0 Å². The first-order valence-corrected chi connectivity index (χ1v) is 5.54. The van der Waals surface area contributed by atoms with E-state index in [9.17, 15) is 4.79 Å². The molecule has 14 heavy (non-hydrogen) atoms. The molecule has 82 valence electrons. The van der Waals surface area contributed by atoms with E-state index in [0.717, 1.165) is 13.0 Å². The van der Waals surface area contributed by atoms with Gasteiger partial charge in [-0.3, -0.25) is 9.69 Å². The third-order valence-corrected chi connectivity index (χ3v) is 3.11. The minimum absolute atomic E-state index is 0.0321. The van der Waals surface area contributed by atoms with Crippen LogP contribution in [0, 0.1) is 0 Å². The molecule has 0 N–H and O–H groups in total. The van der Waals surface area contributed by atoms with Gasteiger partial charge in [0.2, 0.25) is 0 Å². The van der Waals surface area contributed by atoms with Gasteiger partial charge in [0.25, 0.3) is 0 Å². The zero-order chi connectivity index (χ0) is 10.6. The van der Waals surface area contributed by atoms with Gasteiger partial charge in [-0.1, -0.05) is 13.3 Å². The Balaban J connectivity index is 2.61. The summed E-state index contributed by atoms with van der Waals surface area (Å²) in [6.07, 6.45) is 4.54. The molecule has 1 saturated heterocycles. The van der Waals surface area contributed by atoms with Gasteiger partial charge in [0.15, 0.2) is 0 Å². The Morgan fingerprint density at radius 2 is 2.29 bits per heavy atom. The third kappa shape index (κ3) is 2.47. The molecule has 0 spiro atoms. The molecule has 0 amide bonds. The molecule has 1 aliphatic rings. The van der Waals surface area contributed by atoms with E-state index >= 15 is 0 Å². The summed E-state index contributed by atoms with van der Waals surface area (Å²) >= 11 is 0. The third-order valence-electron chi connectivity index (χ3n) is 3.11. The first-order chi connectivity index (χ1) is 6.70. The number of hydrogen-bond acceptors (Lipinski definition) is 3. The summed E-state index contributed by atoms with van der Waals surface area (Å²) in [6, 6.07) is 0.489. The van der Waals surface area contributed by atoms with E-state index in [-0.39, 0.29) is 12.0 Å². The zero-order valence-corrected chi connectivity index (χ0v) is 9.45. The number of nitrogens with zero attached hydrogens (tertiary/aromatic N) is 1. The average molecular weight is 199 g/mol. The van der Waals surface area contributed by atoms with Crippen LogP contribution in [0.3, 0.4) is 0 Å². The molecule has 0 aromatic carbocycles. The molecule has 1 heterocycles. The lowest BCUT2D eigenvalue weighted by atomic mass is 10.00. The highest BCUT2D eigenvalue weighted by atomic mass is 16.5. The van der Waals surface area contributed by atoms with Crippen LogP contribution in [0.2, 0.25) is 0 Å². The lowest BCUT2D eigenvalue weighted by Crippen LogP contribution is -2.48. The van der Waals surface area contributed by atoms with Crippen LogP contribution in [0.5, 0.6) is 0 Å². The highest BCUT2D eigenvalue weighted by Gasteiger charge is 2.30. The second-order valence-corrected chi connectivity index (χ2v) is 4.03. The van der Waals surface area contributed by atoms with Gasteiger partial charge in [-0.15, -0.1) is 0 Å². The van der Waals surface area contributed by atoms with Gasteiger partial charge in [-0.05, 0) is 32.7 Å². The van der Waals surface area contributed by atoms with E-state index < -0.39 is 0 Å². The molecule has 0 radical (unpaired) electrons. The maximum absolute atomic E-state index is 11.5. The van der Waals surface area contributed by atoms with E-state index in [1.807, 2.05) is 6.92 Å². The van der Waals surface area contributed by atoms with Crippen LogP contribution in [0.1, 0.15) is 39.5 Å². The molecular weight excluding hydrogens is 178 g/mol. The molecule has 1 fully saturated rings. The molecular formula is C11H21NO2. The van der Waals surface area contributed by atoms with Gasteiger partial charge in [-0.25, -0.2) is 0 Å². The summed E-state index contributed by atoms with van der Waals surface area (Å²) in [7, 11) is 1.47. The summed E-state index contributed by atoms with van der Waals surface area (Å²) in [5.41, 5.74) is 0. The average Bonchev–Trinajstić information content (AvgIpc) is 2.21. The second-order valence-electron chi connectivity index (χ2n) is 4.03. The fraction of sp³-hybridized carbons (Fsp3) is 0.909. The van der Waals surface area contributed by atoms with E-state index in [1.165, 1.54) is 26.4 Å². The summed E-state index contributed by atoms with van der Waals surface area (Å²) in [5.74, 6) is -0.0822. The molecule has 0 aromatic heterocycles. The number of carbonyl (C=O) groups is 1. The van der Waals surface area contributed by atoms with Crippen LogP contribution in [-0.2, 0) is 9.53 Å². The lowest BCUT2D eigenvalue weighted by Gasteiger charge is -2.37. The Morgan fingerprint density at radius 3 is 2.79 bits per heavy atom. The Labute approximate surface area is 86.4 Å². The molecule has 1 aliphatic heterocycles. The summed E-state index contributed by atoms with van der Waals surface area (Å²) in [5, 5.41) is 0. The van der Waals surface area contributed by atoms with Gasteiger partial charge in [0.05, 0.1) is 7.11 Å². The summed E-state index contributed by atoms with van der Waals surface area (Å²) in [6.45, 7) is 5.28. The lowest BCUT2D eigenvalue weighted by molar-refractivity contribution is -0.148. The minimum atomic E-state index is -0.0822. The second kappa shape index (κ2) is 5.35. The van der Waals surface area contributed by atoms with Crippen molar-refractivity contribution in [1.82, 2.24) is 4.90 Å². The Hall–Kier alpha value is -0.570. The molecule has 0 aromatic rings. The predicted molar refractivity (Wildman–Crippen MR) is 56.1 cm³/mol. The molecule has 0 bridgehead atoms. The quantitative estimate of drug-likeness (QED) is 0.649. The Morgan fingerprint density at radius 1 is 1.57 bits per heavy atom. The monoisotopic (exact) mass is 199 g/mol. The van der Waals surface area contributed by atoms with Crippen LogP contribution in [-0.4, -0.2) is 36.6 Å². The molecule has 3 nitrogen and oxygen atoms in total. The summed E-state index contributed by atoms with van der Waals surface area (Å²) in [4.78, 5) is 13.8. The predicted octanol–water partition coefficient (Wildman–Crippen LogP) is 1.81. The molecule has 3 heteroatoms. The van der Waals surface area contributed by atoms with Crippen molar-refractivity contribution in [2.24, 2.45) is 0 Å². The van der Waals surface area contributed by atoms with Gasteiger partial charge >= 0.3 is 5.97 Å². The van der Waals surface area contributed by atoms with Gasteiger partial charge in [-0.2, -0.15) is 0 Å².